The Balaban J connectivity index is 1.46. The van der Waals surface area contributed by atoms with E-state index in [0.717, 1.165) is 11.6 Å². The molecule has 5 fully saturated rings. The highest BCUT2D eigenvalue weighted by atomic mass is 15.4. The number of hydrogen-bond acceptors (Lipinski definition) is 1. The zero-order valence-corrected chi connectivity index (χ0v) is 27.2. The van der Waals surface area contributed by atoms with E-state index in [1.54, 1.807) is 0 Å². The molecule has 0 atom stereocenters. The lowest BCUT2D eigenvalue weighted by Gasteiger charge is -2.51. The van der Waals surface area contributed by atoms with Gasteiger partial charge in [0.15, 0.2) is 0 Å². The van der Waals surface area contributed by atoms with Crippen molar-refractivity contribution in [1.29, 1.82) is 0 Å². The average Bonchev–Trinajstić information content (AvgIpc) is 3.08. The van der Waals surface area contributed by atoms with Crippen LogP contribution in [-0.2, 0) is 0 Å². The smallest absolute Gasteiger partial charge is 0.226 e. The number of guanidine groups is 2. The number of rotatable bonds is 6. The van der Waals surface area contributed by atoms with Crippen molar-refractivity contribution < 1.29 is 0 Å². The van der Waals surface area contributed by atoms with Crippen LogP contribution in [0.1, 0.15) is 161 Å². The van der Waals surface area contributed by atoms with Crippen LogP contribution in [0, 0.1) is 0 Å². The third kappa shape index (κ3) is 8.57. The number of benzene rings is 1. The van der Waals surface area contributed by atoms with Gasteiger partial charge < -0.3 is 15.1 Å². The summed E-state index contributed by atoms with van der Waals surface area (Å²) >= 11 is 0. The third-order valence-electron chi connectivity index (χ3n) is 11.5. The number of para-hydroxylation sites is 1. The maximum atomic E-state index is 5.87. The van der Waals surface area contributed by atoms with E-state index in [4.69, 9.17) is 9.98 Å². The largest absolute Gasteiger partial charge is 0.351 e. The van der Waals surface area contributed by atoms with Gasteiger partial charge in [-0.1, -0.05) is 115 Å². The molecule has 5 nitrogen and oxygen atoms in total. The van der Waals surface area contributed by atoms with E-state index in [2.05, 4.69) is 45.4 Å². The summed E-state index contributed by atoms with van der Waals surface area (Å²) in [5.74, 6) is 2.21. The van der Waals surface area contributed by atoms with Crippen LogP contribution in [0.15, 0.2) is 40.3 Å². The summed E-state index contributed by atoms with van der Waals surface area (Å²) in [6.07, 6.45) is 33.8. The van der Waals surface area contributed by atoms with E-state index in [0.29, 0.717) is 30.2 Å². The molecule has 5 saturated carbocycles. The Hall–Kier alpha value is -2.04. The average molecular weight is 588 g/mol. The second-order valence-corrected chi connectivity index (χ2v) is 14.6. The zero-order valence-electron chi connectivity index (χ0n) is 27.2. The summed E-state index contributed by atoms with van der Waals surface area (Å²) in [6, 6.07) is 13.6. The van der Waals surface area contributed by atoms with E-state index in [9.17, 15) is 0 Å². The van der Waals surface area contributed by atoms with Crippen LogP contribution < -0.4 is 5.32 Å². The molecule has 5 aliphatic rings. The van der Waals surface area contributed by atoms with Gasteiger partial charge in [-0.25, -0.2) is 4.99 Å². The summed E-state index contributed by atoms with van der Waals surface area (Å²) in [5.41, 5.74) is 1.02. The van der Waals surface area contributed by atoms with Crippen molar-refractivity contribution in [2.75, 3.05) is 0 Å². The molecule has 0 heterocycles. The number of aliphatic imine (C=N–C) groups is 2. The van der Waals surface area contributed by atoms with Crippen LogP contribution in [0.25, 0.3) is 0 Å². The zero-order chi connectivity index (χ0) is 29.1. The molecule has 0 radical (unpaired) electrons. The first-order valence-electron chi connectivity index (χ1n) is 18.9. The summed E-state index contributed by atoms with van der Waals surface area (Å²) < 4.78 is 0. The van der Waals surface area contributed by atoms with Gasteiger partial charge in [0.25, 0.3) is 0 Å². The van der Waals surface area contributed by atoms with Gasteiger partial charge in [-0.3, -0.25) is 0 Å². The van der Waals surface area contributed by atoms with Gasteiger partial charge in [0, 0.05) is 30.2 Å². The highest BCUT2D eigenvalue weighted by Crippen LogP contribution is 2.36. The van der Waals surface area contributed by atoms with E-state index in [1.807, 2.05) is 0 Å². The third-order valence-corrected chi connectivity index (χ3v) is 11.5. The van der Waals surface area contributed by atoms with Crippen LogP contribution in [0.2, 0.25) is 0 Å². The van der Waals surface area contributed by atoms with Crippen LogP contribution in [-0.4, -0.2) is 51.9 Å². The maximum Gasteiger partial charge on any atom is 0.226 e. The second-order valence-electron chi connectivity index (χ2n) is 14.6. The van der Waals surface area contributed by atoms with E-state index in [-0.39, 0.29) is 0 Å². The van der Waals surface area contributed by atoms with Crippen molar-refractivity contribution >= 4 is 17.6 Å². The molecular weight excluding hydrogens is 526 g/mol. The minimum Gasteiger partial charge on any atom is -0.351 e. The van der Waals surface area contributed by atoms with Crippen molar-refractivity contribution in [2.45, 2.75) is 191 Å². The van der Waals surface area contributed by atoms with Gasteiger partial charge in [-0.15, -0.1) is 0 Å². The van der Waals surface area contributed by atoms with Gasteiger partial charge in [0.1, 0.15) is 0 Å². The summed E-state index contributed by atoms with van der Waals surface area (Å²) in [6.45, 7) is 0. The molecule has 0 amide bonds. The Morgan fingerprint density at radius 1 is 0.488 bits per heavy atom. The fraction of sp³-hybridized carbons (Fsp3) is 0.789. The van der Waals surface area contributed by atoms with Gasteiger partial charge in [0.2, 0.25) is 11.9 Å². The molecule has 6 rings (SSSR count). The quantitative estimate of drug-likeness (QED) is 0.266. The van der Waals surface area contributed by atoms with E-state index in [1.165, 1.54) is 166 Å². The van der Waals surface area contributed by atoms with Crippen LogP contribution in [0.3, 0.4) is 0 Å². The van der Waals surface area contributed by atoms with Gasteiger partial charge >= 0.3 is 0 Å². The Kier molecular flexibility index (Phi) is 11.8. The van der Waals surface area contributed by atoms with Crippen molar-refractivity contribution in [2.24, 2.45) is 9.98 Å². The molecule has 1 aromatic carbocycles. The molecule has 0 aromatic heterocycles. The van der Waals surface area contributed by atoms with Crippen molar-refractivity contribution in [3.8, 4) is 0 Å². The highest BCUT2D eigenvalue weighted by Gasteiger charge is 2.39. The van der Waals surface area contributed by atoms with Crippen LogP contribution >= 0.6 is 0 Å². The summed E-state index contributed by atoms with van der Waals surface area (Å²) in [5, 5.41) is 3.97. The first-order chi connectivity index (χ1) is 21.3. The first-order valence-corrected chi connectivity index (χ1v) is 18.9. The number of nitrogens with one attached hydrogen (secondary N) is 1. The highest BCUT2D eigenvalue weighted by molar-refractivity contribution is 5.96. The molecule has 43 heavy (non-hydrogen) atoms. The molecule has 238 valence electrons. The lowest BCUT2D eigenvalue weighted by molar-refractivity contribution is 0.0930. The second kappa shape index (κ2) is 16.3. The monoisotopic (exact) mass is 587 g/mol. The topological polar surface area (TPSA) is 43.2 Å². The van der Waals surface area contributed by atoms with Gasteiger partial charge in [-0.2, -0.15) is 4.99 Å². The lowest BCUT2D eigenvalue weighted by atomic mass is 9.87. The SMILES string of the molecule is c1ccc(/N=C(\N=C(N(C2CCCCC2)C2CCCCC2)N(C2CCCCC2)C2CCCCC2)NC2CCCCC2)cc1. The molecule has 0 bridgehead atoms. The van der Waals surface area contributed by atoms with Crippen LogP contribution in [0.5, 0.6) is 0 Å². The fourth-order valence-electron chi connectivity index (χ4n) is 9.17. The summed E-state index contributed by atoms with van der Waals surface area (Å²) in [4.78, 5) is 17.1. The van der Waals surface area contributed by atoms with Gasteiger partial charge in [0.05, 0.1) is 5.69 Å². The number of hydrogen-bond donors (Lipinski definition) is 1. The molecule has 0 spiro atoms. The van der Waals surface area contributed by atoms with Crippen LogP contribution in [0.4, 0.5) is 5.69 Å². The molecule has 1 aromatic rings. The molecule has 0 aliphatic heterocycles. The molecule has 5 aliphatic carbocycles. The van der Waals surface area contributed by atoms with Crippen molar-refractivity contribution in [1.82, 2.24) is 15.1 Å². The van der Waals surface area contributed by atoms with Gasteiger partial charge in [-0.05, 0) is 76.3 Å². The lowest BCUT2D eigenvalue weighted by Crippen LogP contribution is -2.60. The molecule has 5 heteroatoms. The Labute approximate surface area is 263 Å². The normalized spacial score (nSPS) is 24.4. The maximum absolute atomic E-state index is 5.87. The molecule has 0 unspecified atom stereocenters. The number of nitrogens with zero attached hydrogens (tertiary/aromatic N) is 4. The van der Waals surface area contributed by atoms with E-state index >= 15 is 0 Å². The Morgan fingerprint density at radius 2 is 0.860 bits per heavy atom. The van der Waals surface area contributed by atoms with E-state index < -0.39 is 0 Å². The fourth-order valence-corrected chi connectivity index (χ4v) is 9.17. The van der Waals surface area contributed by atoms with Crippen molar-refractivity contribution in [3.63, 3.8) is 0 Å². The molecule has 0 saturated heterocycles. The first kappa shape index (κ1) is 31.0. The predicted octanol–water partition coefficient (Wildman–Crippen LogP) is 9.89. The molecular formula is C38H61N5. The standard InChI is InChI=1S/C38H61N5/c1-7-19-31(20-8-1)39-37(40-32-21-9-2-10-22-32)41-38(42(33-23-11-3-12-24-33)34-25-13-4-14-26-34)43(35-27-15-5-16-28-35)36-29-17-6-18-30-36/h1,7-8,19-20,32-36H,2-6,9-18,21-30H2,(H,39,40). The summed E-state index contributed by atoms with van der Waals surface area (Å²) in [7, 11) is 0. The Bertz CT molecular complexity index is 912. The minimum absolute atomic E-state index is 0.483. The van der Waals surface area contributed by atoms with Crippen molar-refractivity contribution in [3.05, 3.63) is 30.3 Å². The predicted molar refractivity (Wildman–Crippen MR) is 182 cm³/mol. The Morgan fingerprint density at radius 3 is 1.26 bits per heavy atom. The molecule has 1 N–H and O–H groups in total. The minimum atomic E-state index is 0.483.